The fraction of sp³-hybridized carbons (Fsp3) is 0.600. The molecule has 1 aliphatic carbocycles. The summed E-state index contributed by atoms with van der Waals surface area (Å²) in [7, 11) is 0. The summed E-state index contributed by atoms with van der Waals surface area (Å²) in [4.78, 5) is 10.4. The molecule has 0 bridgehead atoms. The Hall–Kier alpha value is -1.29. The van der Waals surface area contributed by atoms with Gasteiger partial charge in [0.2, 0.25) is 0 Å². The number of nitro benzene ring substituents is 1. The molecule has 2 atom stereocenters. The van der Waals surface area contributed by atoms with Gasteiger partial charge in [0.15, 0.2) is 0 Å². The van der Waals surface area contributed by atoms with Crippen LogP contribution in [0.3, 0.4) is 0 Å². The molecule has 1 aromatic carbocycles. The molecule has 0 heterocycles. The molecule has 110 valence electrons. The zero-order chi connectivity index (χ0) is 15.1. The molecule has 5 heteroatoms. The first-order chi connectivity index (χ1) is 9.19. The summed E-state index contributed by atoms with van der Waals surface area (Å²) >= 11 is 5.99. The molecule has 1 aromatic rings. The lowest BCUT2D eigenvalue weighted by Gasteiger charge is -2.21. The van der Waals surface area contributed by atoms with Crippen LogP contribution in [0.5, 0.6) is 0 Å². The molecule has 2 unspecified atom stereocenters. The smallest absolute Gasteiger partial charge is 0.288 e. The highest BCUT2D eigenvalue weighted by molar-refractivity contribution is 6.33. The van der Waals surface area contributed by atoms with Gasteiger partial charge in [0.1, 0.15) is 5.02 Å². The highest BCUT2D eigenvalue weighted by atomic mass is 35.5. The third-order valence-electron chi connectivity index (χ3n) is 4.17. The molecular formula is C15H21ClN2O2. The summed E-state index contributed by atoms with van der Waals surface area (Å²) in [5.74, 6) is 0.582. The highest BCUT2D eigenvalue weighted by Gasteiger charge is 2.36. The van der Waals surface area contributed by atoms with Gasteiger partial charge in [-0.2, -0.15) is 0 Å². The zero-order valence-electron chi connectivity index (χ0n) is 12.4. The monoisotopic (exact) mass is 296 g/mol. The number of anilines is 1. The van der Waals surface area contributed by atoms with Gasteiger partial charge in [-0.1, -0.05) is 32.4 Å². The van der Waals surface area contributed by atoms with Crippen molar-refractivity contribution in [3.8, 4) is 0 Å². The summed E-state index contributed by atoms with van der Waals surface area (Å²) in [6.45, 7) is 8.67. The number of aryl methyl sites for hydroxylation is 1. The Morgan fingerprint density at radius 1 is 1.40 bits per heavy atom. The first kappa shape index (κ1) is 15.1. The molecule has 4 nitrogen and oxygen atoms in total. The number of nitro groups is 1. The molecule has 0 aromatic heterocycles. The molecule has 1 fully saturated rings. The summed E-state index contributed by atoms with van der Waals surface area (Å²) in [6, 6.07) is 3.60. The van der Waals surface area contributed by atoms with E-state index >= 15 is 0 Å². The van der Waals surface area contributed by atoms with E-state index in [2.05, 4.69) is 26.1 Å². The van der Waals surface area contributed by atoms with E-state index in [0.29, 0.717) is 17.4 Å². The highest BCUT2D eigenvalue weighted by Crippen LogP contribution is 2.42. The van der Waals surface area contributed by atoms with Crippen LogP contribution in [0.4, 0.5) is 11.4 Å². The Morgan fingerprint density at radius 3 is 2.55 bits per heavy atom. The van der Waals surface area contributed by atoms with Crippen LogP contribution >= 0.6 is 11.6 Å². The van der Waals surface area contributed by atoms with Crippen LogP contribution < -0.4 is 5.32 Å². The normalized spacial score (nSPS) is 24.6. The molecule has 1 saturated carbocycles. The van der Waals surface area contributed by atoms with E-state index in [1.807, 2.05) is 6.92 Å². The minimum absolute atomic E-state index is 0.0329. The minimum Gasteiger partial charge on any atom is -0.382 e. The molecule has 2 rings (SSSR count). The SMILES string of the molecule is Cc1cc([N+](=O)[O-])c(Cl)cc1NC1CC(C)(C)CC1C. The van der Waals surface area contributed by atoms with E-state index in [1.165, 1.54) is 12.5 Å². The van der Waals surface area contributed by atoms with Gasteiger partial charge in [0, 0.05) is 17.8 Å². The van der Waals surface area contributed by atoms with E-state index in [1.54, 1.807) is 6.07 Å². The van der Waals surface area contributed by atoms with Gasteiger partial charge in [0.25, 0.3) is 5.69 Å². The molecule has 0 saturated heterocycles. The molecule has 0 radical (unpaired) electrons. The Kier molecular flexibility index (Phi) is 3.96. The van der Waals surface area contributed by atoms with E-state index in [-0.39, 0.29) is 10.7 Å². The van der Waals surface area contributed by atoms with Crippen LogP contribution in [0.1, 0.15) is 39.2 Å². The number of hydrogen-bond acceptors (Lipinski definition) is 3. The summed E-state index contributed by atoms with van der Waals surface area (Å²) in [5, 5.41) is 14.6. The quantitative estimate of drug-likeness (QED) is 0.644. The van der Waals surface area contributed by atoms with Crippen molar-refractivity contribution in [2.45, 2.75) is 46.6 Å². The van der Waals surface area contributed by atoms with Crippen LogP contribution in [0.2, 0.25) is 5.02 Å². The minimum atomic E-state index is -0.444. The zero-order valence-corrected chi connectivity index (χ0v) is 13.1. The predicted octanol–water partition coefficient (Wildman–Crippen LogP) is 4.79. The first-order valence-corrected chi connectivity index (χ1v) is 7.28. The summed E-state index contributed by atoms with van der Waals surface area (Å²) in [5.41, 5.74) is 2.07. The molecule has 1 aliphatic rings. The maximum Gasteiger partial charge on any atom is 0.288 e. The largest absolute Gasteiger partial charge is 0.382 e. The second-order valence-corrected chi connectivity index (χ2v) is 7.08. The van der Waals surface area contributed by atoms with Gasteiger partial charge in [-0.15, -0.1) is 0 Å². The van der Waals surface area contributed by atoms with Gasteiger partial charge < -0.3 is 5.32 Å². The van der Waals surface area contributed by atoms with E-state index < -0.39 is 4.92 Å². The van der Waals surface area contributed by atoms with Crippen LogP contribution in [-0.2, 0) is 0 Å². The molecule has 0 aliphatic heterocycles. The average Bonchev–Trinajstić information content (AvgIpc) is 2.56. The Labute approximate surface area is 124 Å². The third-order valence-corrected chi connectivity index (χ3v) is 4.47. The van der Waals surface area contributed by atoms with Gasteiger partial charge in [-0.25, -0.2) is 0 Å². The Morgan fingerprint density at radius 2 is 2.05 bits per heavy atom. The van der Waals surface area contributed by atoms with Gasteiger partial charge >= 0.3 is 0 Å². The van der Waals surface area contributed by atoms with Crippen molar-refractivity contribution in [1.82, 2.24) is 0 Å². The fourth-order valence-electron chi connectivity index (χ4n) is 3.25. The third kappa shape index (κ3) is 3.06. The molecule has 0 amide bonds. The van der Waals surface area contributed by atoms with Crippen LogP contribution in [0.15, 0.2) is 12.1 Å². The number of nitrogens with one attached hydrogen (secondary N) is 1. The van der Waals surface area contributed by atoms with E-state index in [4.69, 9.17) is 11.6 Å². The summed E-state index contributed by atoms with van der Waals surface area (Å²) < 4.78 is 0. The van der Waals surface area contributed by atoms with Crippen molar-refractivity contribution in [3.05, 3.63) is 32.8 Å². The molecule has 20 heavy (non-hydrogen) atoms. The lowest BCUT2D eigenvalue weighted by Crippen LogP contribution is -2.23. The lowest BCUT2D eigenvalue weighted by molar-refractivity contribution is -0.384. The molecular weight excluding hydrogens is 276 g/mol. The number of benzene rings is 1. The maximum atomic E-state index is 10.9. The van der Waals surface area contributed by atoms with E-state index in [0.717, 1.165) is 17.7 Å². The Bertz CT molecular complexity index is 543. The van der Waals surface area contributed by atoms with Crippen molar-refractivity contribution in [3.63, 3.8) is 0 Å². The molecule has 1 N–H and O–H groups in total. The number of hydrogen-bond donors (Lipinski definition) is 1. The predicted molar refractivity (Wildman–Crippen MR) is 82.4 cm³/mol. The van der Waals surface area contributed by atoms with Crippen LogP contribution in [-0.4, -0.2) is 11.0 Å². The number of nitrogens with zero attached hydrogens (tertiary/aromatic N) is 1. The average molecular weight is 297 g/mol. The van der Waals surface area contributed by atoms with Crippen molar-refractivity contribution in [2.24, 2.45) is 11.3 Å². The molecule has 0 spiro atoms. The van der Waals surface area contributed by atoms with Crippen molar-refractivity contribution >= 4 is 23.0 Å². The summed E-state index contributed by atoms with van der Waals surface area (Å²) in [6.07, 6.45) is 2.28. The Balaban J connectivity index is 2.23. The topological polar surface area (TPSA) is 55.2 Å². The van der Waals surface area contributed by atoms with E-state index in [9.17, 15) is 10.1 Å². The van der Waals surface area contributed by atoms with Crippen molar-refractivity contribution in [2.75, 3.05) is 5.32 Å². The van der Waals surface area contributed by atoms with Gasteiger partial charge in [-0.3, -0.25) is 10.1 Å². The number of halogens is 1. The standard InChI is InChI=1S/C15H21ClN2O2/c1-9-5-14(18(19)20)11(16)6-12(9)17-13-8-15(3,4)7-10(13)2/h5-6,10,13,17H,7-8H2,1-4H3. The van der Waals surface area contributed by atoms with Crippen LogP contribution in [0.25, 0.3) is 0 Å². The van der Waals surface area contributed by atoms with Crippen LogP contribution in [0, 0.1) is 28.4 Å². The van der Waals surface area contributed by atoms with Gasteiger partial charge in [0.05, 0.1) is 4.92 Å². The van der Waals surface area contributed by atoms with Gasteiger partial charge in [-0.05, 0) is 42.7 Å². The number of rotatable bonds is 3. The van der Waals surface area contributed by atoms with Crippen molar-refractivity contribution in [1.29, 1.82) is 0 Å². The lowest BCUT2D eigenvalue weighted by atomic mass is 9.91. The maximum absolute atomic E-state index is 10.9. The second kappa shape index (κ2) is 5.24. The van der Waals surface area contributed by atoms with Crippen molar-refractivity contribution < 1.29 is 4.92 Å². The second-order valence-electron chi connectivity index (χ2n) is 6.68. The first-order valence-electron chi connectivity index (χ1n) is 6.91. The fourth-order valence-corrected chi connectivity index (χ4v) is 3.48.